The minimum atomic E-state index is -0.107. The summed E-state index contributed by atoms with van der Waals surface area (Å²) < 4.78 is 1.63. The Kier molecular flexibility index (Phi) is 9.58. The first-order chi connectivity index (χ1) is 10.5. The Labute approximate surface area is 155 Å². The number of pyridine rings is 1. The molecule has 0 aliphatic heterocycles. The molecule has 1 unspecified atom stereocenters. The van der Waals surface area contributed by atoms with Crippen molar-refractivity contribution in [2.24, 2.45) is 11.7 Å². The molecule has 0 bridgehead atoms. The highest BCUT2D eigenvalue weighted by atomic mass is 35.5. The second-order valence-corrected chi connectivity index (χ2v) is 5.75. The number of amides is 1. The maximum absolute atomic E-state index is 12.4. The molecule has 0 fully saturated rings. The lowest BCUT2D eigenvalue weighted by Crippen LogP contribution is -2.35. The summed E-state index contributed by atoms with van der Waals surface area (Å²) in [6, 6.07) is 7.26. The average molecular weight is 374 g/mol. The van der Waals surface area contributed by atoms with Crippen LogP contribution in [0.1, 0.15) is 30.8 Å². The van der Waals surface area contributed by atoms with E-state index in [1.54, 1.807) is 35.1 Å². The van der Waals surface area contributed by atoms with Crippen molar-refractivity contribution in [2.75, 3.05) is 13.6 Å². The molecule has 134 valence electrons. The van der Waals surface area contributed by atoms with E-state index in [1.807, 2.05) is 18.2 Å². The molecule has 2 aromatic heterocycles. The molecular formula is C16H25Cl2N5O. The SMILES string of the molecule is CC(C)C(N)CCN(C)C(=O)c1cccc(-n2cccn2)n1.Cl.Cl. The summed E-state index contributed by atoms with van der Waals surface area (Å²) in [5, 5.41) is 4.12. The lowest BCUT2D eigenvalue weighted by Gasteiger charge is -2.21. The molecule has 0 aliphatic rings. The summed E-state index contributed by atoms with van der Waals surface area (Å²) in [7, 11) is 1.78. The Morgan fingerprint density at radius 3 is 2.58 bits per heavy atom. The van der Waals surface area contributed by atoms with E-state index < -0.39 is 0 Å². The number of aromatic nitrogens is 3. The Hall–Kier alpha value is -1.63. The largest absolute Gasteiger partial charge is 0.340 e. The van der Waals surface area contributed by atoms with Crippen LogP contribution in [0.5, 0.6) is 0 Å². The summed E-state index contributed by atoms with van der Waals surface area (Å²) in [6.45, 7) is 4.79. The van der Waals surface area contributed by atoms with Crippen molar-refractivity contribution in [2.45, 2.75) is 26.3 Å². The highest BCUT2D eigenvalue weighted by molar-refractivity contribution is 5.92. The van der Waals surface area contributed by atoms with Crippen LogP contribution in [0.3, 0.4) is 0 Å². The summed E-state index contributed by atoms with van der Waals surface area (Å²) >= 11 is 0. The maximum atomic E-state index is 12.4. The van der Waals surface area contributed by atoms with Crippen molar-refractivity contribution in [3.05, 3.63) is 42.4 Å². The van der Waals surface area contributed by atoms with E-state index in [4.69, 9.17) is 5.73 Å². The standard InChI is InChI=1S/C16H23N5O.2ClH/c1-12(2)13(17)8-11-20(3)16(22)14-6-4-7-15(19-14)21-10-5-9-18-21;;/h4-7,9-10,12-13H,8,11,17H2,1-3H3;2*1H. The van der Waals surface area contributed by atoms with Crippen LogP contribution in [-0.4, -0.2) is 45.2 Å². The molecule has 2 heterocycles. The van der Waals surface area contributed by atoms with Crippen LogP contribution in [-0.2, 0) is 0 Å². The molecule has 0 saturated carbocycles. The average Bonchev–Trinajstić information content (AvgIpc) is 3.06. The van der Waals surface area contributed by atoms with Gasteiger partial charge < -0.3 is 10.6 Å². The van der Waals surface area contributed by atoms with Crippen LogP contribution in [0.2, 0.25) is 0 Å². The third kappa shape index (κ3) is 5.78. The van der Waals surface area contributed by atoms with E-state index >= 15 is 0 Å². The number of rotatable bonds is 6. The van der Waals surface area contributed by atoms with Gasteiger partial charge in [-0.05, 0) is 30.5 Å². The molecule has 0 aliphatic carbocycles. The molecule has 0 aromatic carbocycles. The zero-order chi connectivity index (χ0) is 16.1. The van der Waals surface area contributed by atoms with Crippen molar-refractivity contribution in [3.8, 4) is 5.82 Å². The molecular weight excluding hydrogens is 349 g/mol. The summed E-state index contributed by atoms with van der Waals surface area (Å²) in [4.78, 5) is 18.5. The first-order valence-corrected chi connectivity index (χ1v) is 7.47. The van der Waals surface area contributed by atoms with Crippen LogP contribution in [0.25, 0.3) is 5.82 Å². The van der Waals surface area contributed by atoms with E-state index in [0.717, 1.165) is 6.42 Å². The van der Waals surface area contributed by atoms with Gasteiger partial charge in [0.25, 0.3) is 5.91 Å². The fourth-order valence-corrected chi connectivity index (χ4v) is 2.05. The lowest BCUT2D eigenvalue weighted by atomic mass is 10.0. The number of nitrogens with two attached hydrogens (primary N) is 1. The molecule has 1 amide bonds. The maximum Gasteiger partial charge on any atom is 0.272 e. The molecule has 2 rings (SSSR count). The van der Waals surface area contributed by atoms with Crippen molar-refractivity contribution in [1.29, 1.82) is 0 Å². The number of halogens is 2. The molecule has 0 radical (unpaired) electrons. The van der Waals surface area contributed by atoms with E-state index in [2.05, 4.69) is 23.9 Å². The Morgan fingerprint density at radius 1 is 1.29 bits per heavy atom. The van der Waals surface area contributed by atoms with E-state index in [-0.39, 0.29) is 36.8 Å². The van der Waals surface area contributed by atoms with Crippen LogP contribution in [0.15, 0.2) is 36.7 Å². The van der Waals surface area contributed by atoms with E-state index in [0.29, 0.717) is 24.0 Å². The number of hydrogen-bond donors (Lipinski definition) is 1. The first kappa shape index (κ1) is 22.4. The minimum absolute atomic E-state index is 0. The van der Waals surface area contributed by atoms with Crippen LogP contribution in [0.4, 0.5) is 0 Å². The lowest BCUT2D eigenvalue weighted by molar-refractivity contribution is 0.0783. The zero-order valence-electron chi connectivity index (χ0n) is 14.1. The van der Waals surface area contributed by atoms with Gasteiger partial charge in [0, 0.05) is 32.0 Å². The second kappa shape index (κ2) is 10.3. The van der Waals surface area contributed by atoms with Gasteiger partial charge in [0.1, 0.15) is 5.69 Å². The van der Waals surface area contributed by atoms with Gasteiger partial charge in [-0.2, -0.15) is 5.10 Å². The number of carbonyl (C=O) groups is 1. The quantitative estimate of drug-likeness (QED) is 0.843. The predicted molar refractivity (Wildman–Crippen MR) is 100 cm³/mol. The summed E-state index contributed by atoms with van der Waals surface area (Å²) in [6.07, 6.45) is 4.25. The molecule has 2 N–H and O–H groups in total. The van der Waals surface area contributed by atoms with Crippen LogP contribution < -0.4 is 5.73 Å². The summed E-state index contributed by atoms with van der Waals surface area (Å²) in [5.41, 5.74) is 6.44. The third-order valence-corrected chi connectivity index (χ3v) is 3.69. The number of nitrogens with zero attached hydrogens (tertiary/aromatic N) is 4. The molecule has 0 saturated heterocycles. The van der Waals surface area contributed by atoms with Gasteiger partial charge in [-0.3, -0.25) is 4.79 Å². The van der Waals surface area contributed by atoms with Gasteiger partial charge in [-0.25, -0.2) is 9.67 Å². The van der Waals surface area contributed by atoms with Gasteiger partial charge in [0.05, 0.1) is 0 Å². The Morgan fingerprint density at radius 2 is 2.00 bits per heavy atom. The molecule has 8 heteroatoms. The Bertz CT molecular complexity index is 619. The topological polar surface area (TPSA) is 77.0 Å². The van der Waals surface area contributed by atoms with E-state index in [1.165, 1.54) is 0 Å². The van der Waals surface area contributed by atoms with Gasteiger partial charge in [-0.15, -0.1) is 24.8 Å². The van der Waals surface area contributed by atoms with Gasteiger partial charge in [0.15, 0.2) is 5.82 Å². The van der Waals surface area contributed by atoms with Crippen LogP contribution >= 0.6 is 24.8 Å². The highest BCUT2D eigenvalue weighted by Crippen LogP contribution is 2.08. The minimum Gasteiger partial charge on any atom is -0.340 e. The van der Waals surface area contributed by atoms with Crippen molar-refractivity contribution in [3.63, 3.8) is 0 Å². The molecule has 1 atom stereocenters. The third-order valence-electron chi connectivity index (χ3n) is 3.69. The smallest absolute Gasteiger partial charge is 0.272 e. The second-order valence-electron chi connectivity index (χ2n) is 5.75. The fourth-order valence-electron chi connectivity index (χ4n) is 2.05. The van der Waals surface area contributed by atoms with Crippen molar-refractivity contribution in [1.82, 2.24) is 19.7 Å². The summed E-state index contributed by atoms with van der Waals surface area (Å²) in [5.74, 6) is 0.929. The monoisotopic (exact) mass is 373 g/mol. The zero-order valence-corrected chi connectivity index (χ0v) is 15.8. The first-order valence-electron chi connectivity index (χ1n) is 7.47. The number of carbonyl (C=O) groups excluding carboxylic acids is 1. The van der Waals surface area contributed by atoms with Crippen LogP contribution in [0, 0.1) is 5.92 Å². The Balaban J connectivity index is 0.00000264. The fraction of sp³-hybridized carbons (Fsp3) is 0.438. The number of hydrogen-bond acceptors (Lipinski definition) is 4. The van der Waals surface area contributed by atoms with Gasteiger partial charge >= 0.3 is 0 Å². The van der Waals surface area contributed by atoms with Crippen molar-refractivity contribution < 1.29 is 4.79 Å². The molecule has 24 heavy (non-hydrogen) atoms. The van der Waals surface area contributed by atoms with E-state index in [9.17, 15) is 4.79 Å². The highest BCUT2D eigenvalue weighted by Gasteiger charge is 2.16. The van der Waals surface area contributed by atoms with Gasteiger partial charge in [0.2, 0.25) is 0 Å². The van der Waals surface area contributed by atoms with Crippen molar-refractivity contribution >= 4 is 30.7 Å². The molecule has 6 nitrogen and oxygen atoms in total. The van der Waals surface area contributed by atoms with Gasteiger partial charge in [-0.1, -0.05) is 19.9 Å². The molecule has 2 aromatic rings. The normalized spacial score (nSPS) is 11.4. The predicted octanol–water partition coefficient (Wildman–Crippen LogP) is 2.56. The molecule has 0 spiro atoms.